The molecule has 114 valence electrons. The number of H-pyrrole nitrogens is 1. The fourth-order valence-electron chi connectivity index (χ4n) is 2.41. The highest BCUT2D eigenvalue weighted by atomic mass is 31.2. The summed E-state index contributed by atoms with van der Waals surface area (Å²) in [6, 6.07) is 7.55. The highest BCUT2D eigenvalue weighted by molar-refractivity contribution is 7.55. The molecule has 0 aliphatic heterocycles. The van der Waals surface area contributed by atoms with Gasteiger partial charge in [-0.25, -0.2) is 0 Å². The predicted octanol–water partition coefficient (Wildman–Crippen LogP) is 3.93. The molecule has 0 aliphatic rings. The Bertz CT molecular complexity index is 682. The molecule has 0 aliphatic carbocycles. The summed E-state index contributed by atoms with van der Waals surface area (Å²) in [6.45, 7) is 5.79. The Morgan fingerprint density at radius 2 is 1.81 bits per heavy atom. The number of Topliss-reactive ketones (excluding diaryl/α,β-unsaturated/α-hetero) is 1. The number of nitrogens with one attached hydrogen (secondary N) is 1. The third-order valence-corrected chi connectivity index (χ3v) is 5.14. The molecule has 6 heteroatoms. The Labute approximate surface area is 124 Å². The molecular weight excluding hydrogens is 289 g/mol. The van der Waals surface area contributed by atoms with Crippen molar-refractivity contribution < 1.29 is 18.4 Å². The van der Waals surface area contributed by atoms with Crippen LogP contribution in [0.15, 0.2) is 24.3 Å². The summed E-state index contributed by atoms with van der Waals surface area (Å²) in [5, 5.41) is 0.833. The van der Waals surface area contributed by atoms with Gasteiger partial charge in [-0.2, -0.15) is 0 Å². The number of aromatic nitrogens is 1. The number of benzene rings is 1. The third-order valence-electron chi connectivity index (χ3n) is 3.16. The van der Waals surface area contributed by atoms with Crippen LogP contribution in [0.1, 0.15) is 29.9 Å². The summed E-state index contributed by atoms with van der Waals surface area (Å²) < 4.78 is 22.9. The van der Waals surface area contributed by atoms with Crippen molar-refractivity contribution in [1.82, 2.24) is 4.98 Å². The van der Waals surface area contributed by atoms with Crippen molar-refractivity contribution in [2.45, 2.75) is 20.8 Å². The van der Waals surface area contributed by atoms with E-state index in [9.17, 15) is 9.36 Å². The van der Waals surface area contributed by atoms with E-state index in [2.05, 4.69) is 4.98 Å². The van der Waals surface area contributed by atoms with Crippen LogP contribution in [0.5, 0.6) is 0 Å². The van der Waals surface area contributed by atoms with E-state index in [-0.39, 0.29) is 25.2 Å². The molecule has 0 bridgehead atoms. The summed E-state index contributed by atoms with van der Waals surface area (Å²) in [5.41, 5.74) is 2.21. The highest BCUT2D eigenvalue weighted by Crippen LogP contribution is 2.48. The molecule has 0 saturated heterocycles. The molecule has 0 radical (unpaired) electrons. The maximum atomic E-state index is 12.6. The molecule has 0 unspecified atom stereocenters. The molecule has 1 N–H and O–H groups in total. The van der Waals surface area contributed by atoms with Gasteiger partial charge in [0.2, 0.25) is 0 Å². The van der Waals surface area contributed by atoms with Crippen LogP contribution in [0.25, 0.3) is 10.9 Å². The Morgan fingerprint density at radius 1 is 1.19 bits per heavy atom. The van der Waals surface area contributed by atoms with Crippen LogP contribution in [0.3, 0.4) is 0 Å². The first kappa shape index (κ1) is 16.0. The van der Waals surface area contributed by atoms with Crippen LogP contribution in [0.4, 0.5) is 0 Å². The molecule has 21 heavy (non-hydrogen) atoms. The maximum Gasteiger partial charge on any atom is 0.338 e. The van der Waals surface area contributed by atoms with E-state index in [0.29, 0.717) is 5.56 Å². The van der Waals surface area contributed by atoms with Crippen LogP contribution in [-0.4, -0.2) is 30.1 Å². The molecule has 1 aromatic heterocycles. The maximum absolute atomic E-state index is 12.6. The Hall–Kier alpha value is -1.42. The van der Waals surface area contributed by atoms with Gasteiger partial charge in [-0.15, -0.1) is 0 Å². The van der Waals surface area contributed by atoms with E-state index in [1.54, 1.807) is 13.8 Å². The van der Waals surface area contributed by atoms with Crippen molar-refractivity contribution in [1.29, 1.82) is 0 Å². The number of fused-ring (bicyclic) bond motifs is 1. The second kappa shape index (κ2) is 6.56. The van der Waals surface area contributed by atoms with E-state index < -0.39 is 7.60 Å². The zero-order chi connectivity index (χ0) is 15.5. The van der Waals surface area contributed by atoms with Crippen molar-refractivity contribution >= 4 is 24.3 Å². The Morgan fingerprint density at radius 3 is 2.43 bits per heavy atom. The Kier molecular flexibility index (Phi) is 4.99. The van der Waals surface area contributed by atoms with Crippen molar-refractivity contribution in [3.8, 4) is 0 Å². The average Bonchev–Trinajstić information content (AvgIpc) is 2.74. The van der Waals surface area contributed by atoms with Gasteiger partial charge in [0.1, 0.15) is 6.16 Å². The molecule has 1 aromatic carbocycles. The third kappa shape index (κ3) is 3.43. The zero-order valence-electron chi connectivity index (χ0n) is 12.5. The topological polar surface area (TPSA) is 68.4 Å². The van der Waals surface area contributed by atoms with Gasteiger partial charge in [0.25, 0.3) is 0 Å². The minimum absolute atomic E-state index is 0.227. The molecular formula is C15H20NO4P. The minimum Gasteiger partial charge on any atom is -0.358 e. The summed E-state index contributed by atoms with van der Waals surface area (Å²) in [5.74, 6) is -0.227. The number of aromatic amines is 1. The van der Waals surface area contributed by atoms with Crippen LogP contribution >= 0.6 is 7.60 Å². The van der Waals surface area contributed by atoms with E-state index >= 15 is 0 Å². The molecule has 0 atom stereocenters. The molecule has 0 saturated carbocycles. The first-order chi connectivity index (χ1) is 10.0. The van der Waals surface area contributed by atoms with Gasteiger partial charge < -0.3 is 14.0 Å². The number of carbonyl (C=O) groups is 1. The van der Waals surface area contributed by atoms with E-state index in [1.165, 1.54) is 0 Å². The largest absolute Gasteiger partial charge is 0.358 e. The van der Waals surface area contributed by atoms with E-state index in [0.717, 1.165) is 16.6 Å². The van der Waals surface area contributed by atoms with E-state index in [4.69, 9.17) is 9.05 Å². The standard InChI is InChI=1S/C15H20NO4P/c1-4-19-21(18,20-5-2)10-14(17)15-11(3)16-13-9-7-6-8-12(13)15/h6-9,16H,4-5,10H2,1-3H3. The van der Waals surface area contributed by atoms with Gasteiger partial charge in [-0.1, -0.05) is 18.2 Å². The lowest BCUT2D eigenvalue weighted by Gasteiger charge is -2.16. The zero-order valence-corrected chi connectivity index (χ0v) is 13.4. The lowest BCUT2D eigenvalue weighted by Crippen LogP contribution is -2.11. The van der Waals surface area contributed by atoms with Crippen molar-refractivity contribution in [3.63, 3.8) is 0 Å². The van der Waals surface area contributed by atoms with Gasteiger partial charge in [-0.05, 0) is 26.8 Å². The highest BCUT2D eigenvalue weighted by Gasteiger charge is 2.30. The first-order valence-electron chi connectivity index (χ1n) is 6.99. The van der Waals surface area contributed by atoms with Crippen LogP contribution in [0.2, 0.25) is 0 Å². The fraction of sp³-hybridized carbons (Fsp3) is 0.400. The molecule has 0 spiro atoms. The summed E-state index contributed by atoms with van der Waals surface area (Å²) in [4.78, 5) is 15.7. The molecule has 0 fully saturated rings. The van der Waals surface area contributed by atoms with Gasteiger partial charge in [0.15, 0.2) is 5.78 Å². The molecule has 5 nitrogen and oxygen atoms in total. The fourth-order valence-corrected chi connectivity index (χ4v) is 3.97. The number of hydrogen-bond donors (Lipinski definition) is 1. The summed E-state index contributed by atoms with van der Waals surface area (Å²) in [7, 11) is -3.38. The molecule has 0 amide bonds. The lowest BCUT2D eigenvalue weighted by molar-refractivity contribution is 0.101. The quantitative estimate of drug-likeness (QED) is 0.621. The van der Waals surface area contributed by atoms with Crippen LogP contribution in [-0.2, 0) is 13.6 Å². The second-order valence-electron chi connectivity index (χ2n) is 4.70. The molecule has 2 rings (SSSR count). The van der Waals surface area contributed by atoms with Crippen LogP contribution in [0, 0.1) is 6.92 Å². The van der Waals surface area contributed by atoms with Crippen LogP contribution < -0.4 is 0 Å². The first-order valence-corrected chi connectivity index (χ1v) is 8.72. The lowest BCUT2D eigenvalue weighted by atomic mass is 10.1. The van der Waals surface area contributed by atoms with E-state index in [1.807, 2.05) is 31.2 Å². The van der Waals surface area contributed by atoms with Crippen molar-refractivity contribution in [2.75, 3.05) is 19.4 Å². The number of para-hydroxylation sites is 1. The minimum atomic E-state index is -3.38. The van der Waals surface area contributed by atoms with Gasteiger partial charge in [0.05, 0.1) is 13.2 Å². The summed E-state index contributed by atoms with van der Waals surface area (Å²) >= 11 is 0. The predicted molar refractivity (Wildman–Crippen MR) is 83.1 cm³/mol. The van der Waals surface area contributed by atoms with Gasteiger partial charge in [-0.3, -0.25) is 9.36 Å². The normalized spacial score (nSPS) is 12.0. The van der Waals surface area contributed by atoms with Gasteiger partial charge >= 0.3 is 7.60 Å². The van der Waals surface area contributed by atoms with Gasteiger partial charge in [0, 0.05) is 22.2 Å². The Balaban J connectivity index is 2.34. The number of aryl methyl sites for hydroxylation is 1. The van der Waals surface area contributed by atoms with Crippen molar-refractivity contribution in [2.24, 2.45) is 0 Å². The number of hydrogen-bond acceptors (Lipinski definition) is 4. The number of rotatable bonds is 7. The molecule has 1 heterocycles. The smallest absolute Gasteiger partial charge is 0.338 e. The van der Waals surface area contributed by atoms with Crippen molar-refractivity contribution in [3.05, 3.63) is 35.5 Å². The number of carbonyl (C=O) groups excluding carboxylic acids is 1. The average molecular weight is 309 g/mol. The monoisotopic (exact) mass is 309 g/mol. The SMILES string of the molecule is CCOP(=O)(CC(=O)c1c(C)[nH]c2ccccc12)OCC. The second-order valence-corrected chi connectivity index (χ2v) is 6.75. The number of ketones is 1. The molecule has 2 aromatic rings. The summed E-state index contributed by atoms with van der Waals surface area (Å²) in [6.07, 6.45) is -0.239.